The lowest BCUT2D eigenvalue weighted by Crippen LogP contribution is -2.08. The molecule has 0 amide bonds. The van der Waals surface area contributed by atoms with Crippen molar-refractivity contribution >= 4 is 34.9 Å². The third-order valence-corrected chi connectivity index (χ3v) is 5.65. The van der Waals surface area contributed by atoms with E-state index in [1.165, 1.54) is 41.0 Å². The largest absolute Gasteiger partial charge is 0.462 e. The third kappa shape index (κ3) is 4.40. The van der Waals surface area contributed by atoms with Crippen molar-refractivity contribution in [1.82, 2.24) is 4.57 Å². The number of benzene rings is 3. The van der Waals surface area contributed by atoms with Gasteiger partial charge in [0, 0.05) is 28.3 Å². The summed E-state index contributed by atoms with van der Waals surface area (Å²) in [6.45, 7) is 1.79. The predicted molar refractivity (Wildman–Crippen MR) is 129 cm³/mol. The number of carbonyl (C=O) groups is 1. The topological polar surface area (TPSA) is 74.4 Å². The summed E-state index contributed by atoms with van der Waals surface area (Å²) in [5.41, 5.74) is 1.61. The highest BCUT2D eigenvalue weighted by atomic mass is 35.5. The standard InChI is InChI=1S/C25H17Cl2FN2O4/c1-2-34-25(31)19-14-22(15-6-4-9-18(13-15)30(32)33)29(21-11-5-10-20(27)23(21)28)24(19)16-7-3-8-17(26)12-16/h3-14H,2H2,1H3. The zero-order valence-corrected chi connectivity index (χ0v) is 19.3. The van der Waals surface area contributed by atoms with Gasteiger partial charge in [0.05, 0.1) is 39.2 Å². The fraction of sp³-hybridized carbons (Fsp3) is 0.0800. The second-order valence-corrected chi connectivity index (χ2v) is 8.08. The van der Waals surface area contributed by atoms with Gasteiger partial charge in [-0.1, -0.05) is 53.5 Å². The molecule has 0 bridgehead atoms. The molecule has 0 aliphatic heterocycles. The number of hydrogen-bond donors (Lipinski definition) is 0. The lowest BCUT2D eigenvalue weighted by molar-refractivity contribution is -0.384. The molecule has 6 nitrogen and oxygen atoms in total. The van der Waals surface area contributed by atoms with Crippen LogP contribution in [0, 0.1) is 15.9 Å². The summed E-state index contributed by atoms with van der Waals surface area (Å²) in [5.74, 6) is -1.35. The second-order valence-electron chi connectivity index (χ2n) is 7.24. The summed E-state index contributed by atoms with van der Waals surface area (Å²) in [7, 11) is 0. The van der Waals surface area contributed by atoms with E-state index in [1.807, 2.05) is 0 Å². The van der Waals surface area contributed by atoms with Crippen molar-refractivity contribution in [3.05, 3.63) is 104 Å². The van der Waals surface area contributed by atoms with Gasteiger partial charge in [0.1, 0.15) is 0 Å². The average molecular weight is 499 g/mol. The Morgan fingerprint density at radius 2 is 1.74 bits per heavy atom. The van der Waals surface area contributed by atoms with Gasteiger partial charge >= 0.3 is 5.97 Å². The summed E-state index contributed by atoms with van der Waals surface area (Å²) in [6.07, 6.45) is 0. The Morgan fingerprint density at radius 3 is 2.44 bits per heavy atom. The van der Waals surface area contributed by atoms with Gasteiger partial charge < -0.3 is 9.30 Å². The van der Waals surface area contributed by atoms with Gasteiger partial charge in [-0.3, -0.25) is 10.1 Å². The molecule has 0 saturated heterocycles. The molecule has 0 unspecified atom stereocenters. The van der Waals surface area contributed by atoms with Crippen LogP contribution < -0.4 is 0 Å². The van der Waals surface area contributed by atoms with Crippen LogP contribution in [0.25, 0.3) is 28.2 Å². The van der Waals surface area contributed by atoms with Gasteiger partial charge in [-0.25, -0.2) is 9.18 Å². The van der Waals surface area contributed by atoms with E-state index in [4.69, 9.17) is 27.9 Å². The van der Waals surface area contributed by atoms with Gasteiger partial charge in [0.25, 0.3) is 5.69 Å². The van der Waals surface area contributed by atoms with Crippen molar-refractivity contribution in [3.63, 3.8) is 0 Å². The summed E-state index contributed by atoms with van der Waals surface area (Å²) in [4.78, 5) is 23.9. The number of rotatable bonds is 6. The maximum Gasteiger partial charge on any atom is 0.340 e. The molecule has 34 heavy (non-hydrogen) atoms. The van der Waals surface area contributed by atoms with Crippen LogP contribution in [0.15, 0.2) is 72.8 Å². The van der Waals surface area contributed by atoms with Crippen LogP contribution in [0.3, 0.4) is 0 Å². The lowest BCUT2D eigenvalue weighted by Gasteiger charge is -2.16. The molecule has 0 spiro atoms. The minimum absolute atomic E-state index is 0.0551. The van der Waals surface area contributed by atoms with Crippen molar-refractivity contribution < 1.29 is 18.8 Å². The summed E-state index contributed by atoms with van der Waals surface area (Å²) in [6, 6.07) is 18.6. The molecular weight excluding hydrogens is 482 g/mol. The number of nitro benzene ring substituents is 1. The number of esters is 1. The van der Waals surface area contributed by atoms with Crippen LogP contribution in [0.4, 0.5) is 10.1 Å². The van der Waals surface area contributed by atoms with E-state index < -0.39 is 16.7 Å². The maximum absolute atomic E-state index is 15.3. The van der Waals surface area contributed by atoms with Gasteiger partial charge in [0.15, 0.2) is 5.82 Å². The summed E-state index contributed by atoms with van der Waals surface area (Å²) in [5, 5.41) is 11.7. The molecular formula is C25H17Cl2FN2O4. The van der Waals surface area contributed by atoms with E-state index in [1.54, 1.807) is 43.3 Å². The Kier molecular flexibility index (Phi) is 6.68. The van der Waals surface area contributed by atoms with Crippen LogP contribution >= 0.6 is 23.2 Å². The second kappa shape index (κ2) is 9.67. The number of hydrogen-bond acceptors (Lipinski definition) is 4. The van der Waals surface area contributed by atoms with Crippen molar-refractivity contribution in [2.24, 2.45) is 0 Å². The lowest BCUT2D eigenvalue weighted by atomic mass is 10.1. The first kappa shape index (κ1) is 23.5. The van der Waals surface area contributed by atoms with Crippen molar-refractivity contribution in [2.75, 3.05) is 6.61 Å². The number of aromatic nitrogens is 1. The Hall–Kier alpha value is -3.68. The van der Waals surface area contributed by atoms with E-state index >= 15 is 4.39 Å². The molecule has 4 aromatic rings. The van der Waals surface area contributed by atoms with Crippen LogP contribution in [-0.2, 0) is 4.74 Å². The van der Waals surface area contributed by atoms with Crippen LogP contribution in [0.5, 0.6) is 0 Å². The minimum Gasteiger partial charge on any atom is -0.462 e. The number of carbonyl (C=O) groups excluding carboxylic acids is 1. The highest BCUT2D eigenvalue weighted by Crippen LogP contribution is 2.39. The fourth-order valence-corrected chi connectivity index (χ4v) is 4.06. The molecule has 3 aromatic carbocycles. The quantitative estimate of drug-likeness (QED) is 0.158. The normalized spacial score (nSPS) is 10.8. The fourth-order valence-electron chi connectivity index (χ4n) is 3.70. The molecule has 0 fully saturated rings. The smallest absolute Gasteiger partial charge is 0.340 e. The monoisotopic (exact) mass is 498 g/mol. The number of ether oxygens (including phenoxy) is 1. The summed E-state index contributed by atoms with van der Waals surface area (Å²) < 4.78 is 22.1. The Labute approximate surface area is 204 Å². The third-order valence-electron chi connectivity index (χ3n) is 5.12. The van der Waals surface area contributed by atoms with Gasteiger partial charge in [-0.2, -0.15) is 0 Å². The molecule has 0 saturated carbocycles. The highest BCUT2D eigenvalue weighted by Gasteiger charge is 2.27. The molecule has 0 N–H and O–H groups in total. The predicted octanol–water partition coefficient (Wildman–Crippen LogP) is 7.34. The first-order valence-corrected chi connectivity index (χ1v) is 11.0. The molecule has 0 radical (unpaired) electrons. The van der Waals surface area contributed by atoms with E-state index in [9.17, 15) is 14.9 Å². The first-order valence-electron chi connectivity index (χ1n) is 10.2. The summed E-state index contributed by atoms with van der Waals surface area (Å²) >= 11 is 12.3. The van der Waals surface area contributed by atoms with Crippen molar-refractivity contribution in [1.29, 1.82) is 0 Å². The Balaban J connectivity index is 2.14. The number of nitro groups is 1. The molecule has 4 rings (SSSR count). The molecule has 1 aromatic heterocycles. The van der Waals surface area contributed by atoms with E-state index in [0.29, 0.717) is 27.5 Å². The van der Waals surface area contributed by atoms with Crippen LogP contribution in [-0.4, -0.2) is 22.1 Å². The van der Waals surface area contributed by atoms with E-state index in [2.05, 4.69) is 0 Å². The highest BCUT2D eigenvalue weighted by molar-refractivity contribution is 6.31. The molecule has 0 aliphatic carbocycles. The van der Waals surface area contributed by atoms with Gasteiger partial charge in [-0.15, -0.1) is 0 Å². The van der Waals surface area contributed by atoms with Gasteiger partial charge in [0.2, 0.25) is 0 Å². The number of halogens is 3. The average Bonchev–Trinajstić information content (AvgIpc) is 3.22. The SMILES string of the molecule is CCOC(=O)c1cc(-c2cccc([N+](=O)[O-])c2)n(-c2cccc(Cl)c2F)c1-c1cccc(Cl)c1. The molecule has 0 atom stereocenters. The van der Waals surface area contributed by atoms with Crippen LogP contribution in [0.2, 0.25) is 10.0 Å². The Bertz CT molecular complexity index is 1420. The van der Waals surface area contributed by atoms with Gasteiger partial charge in [-0.05, 0) is 37.3 Å². The van der Waals surface area contributed by atoms with Crippen molar-refractivity contribution in [2.45, 2.75) is 6.92 Å². The molecule has 9 heteroatoms. The zero-order valence-electron chi connectivity index (χ0n) is 17.8. The molecule has 0 aliphatic rings. The molecule has 172 valence electrons. The number of nitrogens with zero attached hydrogens (tertiary/aromatic N) is 2. The number of non-ortho nitro benzene ring substituents is 1. The Morgan fingerprint density at radius 1 is 1.03 bits per heavy atom. The zero-order chi connectivity index (χ0) is 24.4. The van der Waals surface area contributed by atoms with E-state index in [-0.39, 0.29) is 28.6 Å². The maximum atomic E-state index is 15.3. The van der Waals surface area contributed by atoms with Crippen LogP contribution in [0.1, 0.15) is 17.3 Å². The molecule has 1 heterocycles. The van der Waals surface area contributed by atoms with Crippen molar-refractivity contribution in [3.8, 4) is 28.2 Å². The minimum atomic E-state index is -0.717. The van der Waals surface area contributed by atoms with E-state index in [0.717, 1.165) is 0 Å². The first-order chi connectivity index (χ1) is 16.3.